The predicted octanol–water partition coefficient (Wildman–Crippen LogP) is 1.30. The number of ether oxygens (including phenoxy) is 1. The molecule has 1 atom stereocenters. The molecular weight excluding hydrogens is 198 g/mol. The third-order valence-electron chi connectivity index (χ3n) is 1.95. The van der Waals surface area contributed by atoms with E-state index in [1.165, 1.54) is 4.88 Å². The van der Waals surface area contributed by atoms with Crippen molar-refractivity contribution in [1.29, 1.82) is 0 Å². The highest BCUT2D eigenvalue weighted by molar-refractivity contribution is 7.11. The Morgan fingerprint density at radius 2 is 2.29 bits per heavy atom. The number of aryl methyl sites for hydroxylation is 2. The van der Waals surface area contributed by atoms with Gasteiger partial charge in [-0.05, 0) is 20.8 Å². The summed E-state index contributed by atoms with van der Waals surface area (Å²) in [6, 6.07) is 0.0566. The summed E-state index contributed by atoms with van der Waals surface area (Å²) in [6.07, 6.45) is 0. The van der Waals surface area contributed by atoms with Crippen molar-refractivity contribution in [3.8, 4) is 0 Å². The van der Waals surface area contributed by atoms with Crippen LogP contribution in [0.15, 0.2) is 0 Å². The molecule has 0 aromatic carbocycles. The lowest BCUT2D eigenvalue weighted by Crippen LogP contribution is -2.31. The minimum absolute atomic E-state index is 0.0566. The average Bonchev–Trinajstić information content (AvgIpc) is 2.47. The Bertz CT molecular complexity index is 288. The molecule has 0 radical (unpaired) electrons. The molecule has 0 fully saturated rings. The van der Waals surface area contributed by atoms with E-state index in [4.69, 9.17) is 10.6 Å². The van der Waals surface area contributed by atoms with Gasteiger partial charge in [0.2, 0.25) is 0 Å². The number of nitrogens with zero attached hydrogens (tertiary/aromatic N) is 1. The van der Waals surface area contributed by atoms with Gasteiger partial charge < -0.3 is 4.74 Å². The van der Waals surface area contributed by atoms with E-state index in [9.17, 15) is 0 Å². The third kappa shape index (κ3) is 2.75. The van der Waals surface area contributed by atoms with Gasteiger partial charge in [-0.25, -0.2) is 10.4 Å². The zero-order chi connectivity index (χ0) is 10.6. The zero-order valence-electron chi connectivity index (χ0n) is 8.83. The summed E-state index contributed by atoms with van der Waals surface area (Å²) in [5, 5.41) is 1.06. The van der Waals surface area contributed by atoms with Crippen molar-refractivity contribution in [2.45, 2.75) is 26.8 Å². The molecule has 0 saturated heterocycles. The summed E-state index contributed by atoms with van der Waals surface area (Å²) < 4.78 is 5.34. The monoisotopic (exact) mass is 215 g/mol. The van der Waals surface area contributed by atoms with Gasteiger partial charge >= 0.3 is 0 Å². The Labute approximate surface area is 88.5 Å². The van der Waals surface area contributed by atoms with Crippen molar-refractivity contribution in [2.75, 3.05) is 13.2 Å². The molecular formula is C9H17N3OS. The highest BCUT2D eigenvalue weighted by atomic mass is 32.1. The summed E-state index contributed by atoms with van der Waals surface area (Å²) in [7, 11) is 0. The minimum atomic E-state index is 0.0566. The normalized spacial score (nSPS) is 13.1. The molecule has 0 saturated carbocycles. The van der Waals surface area contributed by atoms with Gasteiger partial charge in [-0.15, -0.1) is 11.3 Å². The van der Waals surface area contributed by atoms with Gasteiger partial charge in [-0.3, -0.25) is 5.84 Å². The van der Waals surface area contributed by atoms with Crippen molar-refractivity contribution in [3.05, 3.63) is 15.6 Å². The van der Waals surface area contributed by atoms with E-state index in [1.807, 2.05) is 20.8 Å². The van der Waals surface area contributed by atoms with Crippen LogP contribution in [0.1, 0.15) is 28.5 Å². The molecule has 1 unspecified atom stereocenters. The molecule has 4 nitrogen and oxygen atoms in total. The third-order valence-corrected chi connectivity index (χ3v) is 3.13. The van der Waals surface area contributed by atoms with E-state index in [0.717, 1.165) is 10.7 Å². The van der Waals surface area contributed by atoms with E-state index >= 15 is 0 Å². The first-order valence-electron chi connectivity index (χ1n) is 4.66. The molecule has 1 heterocycles. The summed E-state index contributed by atoms with van der Waals surface area (Å²) >= 11 is 1.66. The first-order chi connectivity index (χ1) is 6.69. The topological polar surface area (TPSA) is 60.2 Å². The molecule has 0 aliphatic carbocycles. The maximum Gasteiger partial charge on any atom is 0.0900 e. The number of aromatic nitrogens is 1. The molecule has 1 aromatic rings. The fourth-order valence-corrected chi connectivity index (χ4v) is 2.28. The summed E-state index contributed by atoms with van der Waals surface area (Å²) in [5.41, 5.74) is 3.79. The van der Waals surface area contributed by atoms with Crippen LogP contribution in [0.25, 0.3) is 0 Å². The predicted molar refractivity (Wildman–Crippen MR) is 58.1 cm³/mol. The number of rotatable bonds is 5. The van der Waals surface area contributed by atoms with Crippen LogP contribution in [0.5, 0.6) is 0 Å². The van der Waals surface area contributed by atoms with Crippen LogP contribution in [-0.4, -0.2) is 18.2 Å². The Hall–Kier alpha value is -0.490. The van der Waals surface area contributed by atoms with E-state index in [0.29, 0.717) is 13.2 Å². The van der Waals surface area contributed by atoms with Crippen LogP contribution >= 0.6 is 11.3 Å². The molecule has 5 heteroatoms. The van der Waals surface area contributed by atoms with Gasteiger partial charge in [0.25, 0.3) is 0 Å². The SMILES string of the molecule is CCOCC(NN)c1sc(C)nc1C. The van der Waals surface area contributed by atoms with Crippen LogP contribution in [0.2, 0.25) is 0 Å². The molecule has 14 heavy (non-hydrogen) atoms. The summed E-state index contributed by atoms with van der Waals surface area (Å²) in [5.74, 6) is 5.47. The Balaban J connectivity index is 2.72. The van der Waals surface area contributed by atoms with Crippen LogP contribution < -0.4 is 11.3 Å². The highest BCUT2D eigenvalue weighted by Gasteiger charge is 2.15. The van der Waals surface area contributed by atoms with E-state index in [-0.39, 0.29) is 6.04 Å². The molecule has 0 aliphatic rings. The van der Waals surface area contributed by atoms with E-state index in [1.54, 1.807) is 11.3 Å². The van der Waals surface area contributed by atoms with Crippen LogP contribution in [0, 0.1) is 13.8 Å². The van der Waals surface area contributed by atoms with Gasteiger partial charge in [0, 0.05) is 11.5 Å². The number of hydrogen-bond acceptors (Lipinski definition) is 5. The lowest BCUT2D eigenvalue weighted by Gasteiger charge is -2.14. The summed E-state index contributed by atoms with van der Waals surface area (Å²) in [4.78, 5) is 5.52. The zero-order valence-corrected chi connectivity index (χ0v) is 9.65. The van der Waals surface area contributed by atoms with Crippen molar-refractivity contribution < 1.29 is 4.74 Å². The molecule has 0 aliphatic heterocycles. The second kappa shape index (κ2) is 5.41. The smallest absolute Gasteiger partial charge is 0.0900 e. The number of nitrogens with one attached hydrogen (secondary N) is 1. The molecule has 1 rings (SSSR count). The lowest BCUT2D eigenvalue weighted by molar-refractivity contribution is 0.124. The molecule has 3 N–H and O–H groups in total. The molecule has 0 spiro atoms. The van der Waals surface area contributed by atoms with Gasteiger partial charge in [-0.2, -0.15) is 0 Å². The molecule has 80 valence electrons. The van der Waals surface area contributed by atoms with E-state index < -0.39 is 0 Å². The molecule has 0 amide bonds. The lowest BCUT2D eigenvalue weighted by atomic mass is 10.2. The largest absolute Gasteiger partial charge is 0.380 e. The minimum Gasteiger partial charge on any atom is -0.380 e. The summed E-state index contributed by atoms with van der Waals surface area (Å²) in [6.45, 7) is 7.26. The van der Waals surface area contributed by atoms with Gasteiger partial charge in [0.15, 0.2) is 0 Å². The number of thiazole rings is 1. The molecule has 1 aromatic heterocycles. The highest BCUT2D eigenvalue weighted by Crippen LogP contribution is 2.24. The Morgan fingerprint density at radius 1 is 1.57 bits per heavy atom. The first kappa shape index (κ1) is 11.6. The Kier molecular flexibility index (Phi) is 4.47. The van der Waals surface area contributed by atoms with Gasteiger partial charge in [0.05, 0.1) is 23.4 Å². The quantitative estimate of drug-likeness (QED) is 0.574. The van der Waals surface area contributed by atoms with Gasteiger partial charge in [0.1, 0.15) is 0 Å². The van der Waals surface area contributed by atoms with Crippen LogP contribution in [-0.2, 0) is 4.74 Å². The Morgan fingerprint density at radius 3 is 2.71 bits per heavy atom. The fraction of sp³-hybridized carbons (Fsp3) is 0.667. The average molecular weight is 215 g/mol. The second-order valence-electron chi connectivity index (χ2n) is 3.06. The standard InChI is InChI=1S/C9H17N3OS/c1-4-13-5-8(12-10)9-6(2)11-7(3)14-9/h8,12H,4-5,10H2,1-3H3. The first-order valence-corrected chi connectivity index (χ1v) is 5.48. The number of nitrogens with two attached hydrogens (primary N) is 1. The second-order valence-corrected chi connectivity index (χ2v) is 4.30. The van der Waals surface area contributed by atoms with E-state index in [2.05, 4.69) is 10.4 Å². The van der Waals surface area contributed by atoms with Crippen LogP contribution in [0.3, 0.4) is 0 Å². The van der Waals surface area contributed by atoms with Crippen molar-refractivity contribution >= 4 is 11.3 Å². The fourth-order valence-electron chi connectivity index (χ4n) is 1.31. The number of hydrogen-bond donors (Lipinski definition) is 2. The maximum absolute atomic E-state index is 5.47. The van der Waals surface area contributed by atoms with Gasteiger partial charge in [-0.1, -0.05) is 0 Å². The van der Waals surface area contributed by atoms with Crippen molar-refractivity contribution in [3.63, 3.8) is 0 Å². The van der Waals surface area contributed by atoms with Crippen LogP contribution in [0.4, 0.5) is 0 Å². The maximum atomic E-state index is 5.47. The van der Waals surface area contributed by atoms with Crippen molar-refractivity contribution in [2.24, 2.45) is 5.84 Å². The molecule has 0 bridgehead atoms. The van der Waals surface area contributed by atoms with Crippen molar-refractivity contribution in [1.82, 2.24) is 10.4 Å². The number of hydrazine groups is 1.